The lowest BCUT2D eigenvalue weighted by molar-refractivity contribution is 0.160. The zero-order valence-electron chi connectivity index (χ0n) is 17.2. The minimum absolute atomic E-state index is 0. The third-order valence-electron chi connectivity index (χ3n) is 5.18. The van der Waals surface area contributed by atoms with Gasteiger partial charge in [0.2, 0.25) is 0 Å². The smallest absolute Gasteiger partial charge is 0.0812 e. The first-order valence-electron chi connectivity index (χ1n) is 10.1. The first-order valence-corrected chi connectivity index (χ1v) is 10.1. The van der Waals surface area contributed by atoms with Crippen LogP contribution in [-0.4, -0.2) is 18.2 Å². The number of benzene rings is 3. The molecule has 4 heteroatoms. The molecule has 0 heterocycles. The van der Waals surface area contributed by atoms with Gasteiger partial charge < -0.3 is 15.3 Å². The average Bonchev–Trinajstić information content (AvgIpc) is 2.76. The average molecular weight is 411 g/mol. The minimum Gasteiger partial charge on any atom is -0.388 e. The highest BCUT2D eigenvalue weighted by atomic mass is 35.5. The van der Waals surface area contributed by atoms with Crippen LogP contribution in [0.3, 0.4) is 0 Å². The molecular weight excluding hydrogens is 380 g/mol. The van der Waals surface area contributed by atoms with Gasteiger partial charge in [-0.3, -0.25) is 0 Å². The fraction of sp³-hybridized carbons (Fsp3) is 0.280. The number of nitrogens with one attached hydrogen (secondary N) is 1. The molecule has 154 valence electrons. The fourth-order valence-electron chi connectivity index (χ4n) is 3.56. The number of aliphatic hydroxyl groups excluding tert-OH is 1. The lowest BCUT2D eigenvalue weighted by Gasteiger charge is -2.25. The maximum Gasteiger partial charge on any atom is 0.0812 e. The Labute approximate surface area is 180 Å². The predicted molar refractivity (Wildman–Crippen MR) is 126 cm³/mol. The molecule has 0 fully saturated rings. The first kappa shape index (κ1) is 22.8. The molecule has 0 spiro atoms. The monoisotopic (exact) mass is 410 g/mol. The lowest BCUT2D eigenvalue weighted by Crippen LogP contribution is -2.21. The molecule has 0 saturated heterocycles. The highest BCUT2D eigenvalue weighted by Gasteiger charge is 2.18. The van der Waals surface area contributed by atoms with Crippen molar-refractivity contribution in [3.05, 3.63) is 96.1 Å². The molecule has 29 heavy (non-hydrogen) atoms. The SMILES string of the molecule is CCN(CC)c1ccc(NC(CC(O)c2ccccc2)c2ccccc2)cc1.Cl. The van der Waals surface area contributed by atoms with E-state index in [9.17, 15) is 5.11 Å². The van der Waals surface area contributed by atoms with Crippen LogP contribution in [0.4, 0.5) is 11.4 Å². The van der Waals surface area contributed by atoms with E-state index in [1.807, 2.05) is 48.5 Å². The Morgan fingerprint density at radius 3 is 1.79 bits per heavy atom. The topological polar surface area (TPSA) is 35.5 Å². The summed E-state index contributed by atoms with van der Waals surface area (Å²) in [7, 11) is 0. The van der Waals surface area contributed by atoms with Crippen LogP contribution in [0.2, 0.25) is 0 Å². The van der Waals surface area contributed by atoms with E-state index in [2.05, 4.69) is 60.5 Å². The van der Waals surface area contributed by atoms with E-state index in [1.165, 1.54) is 11.3 Å². The van der Waals surface area contributed by atoms with Crippen LogP contribution in [0.25, 0.3) is 0 Å². The number of nitrogens with zero attached hydrogens (tertiary/aromatic N) is 1. The maximum atomic E-state index is 10.8. The van der Waals surface area contributed by atoms with Crippen molar-refractivity contribution in [1.29, 1.82) is 0 Å². The van der Waals surface area contributed by atoms with Crippen molar-refractivity contribution in [2.45, 2.75) is 32.4 Å². The van der Waals surface area contributed by atoms with E-state index in [0.717, 1.165) is 24.3 Å². The molecule has 0 amide bonds. The van der Waals surface area contributed by atoms with Gasteiger partial charge in [0.15, 0.2) is 0 Å². The van der Waals surface area contributed by atoms with Crippen LogP contribution < -0.4 is 10.2 Å². The van der Waals surface area contributed by atoms with E-state index in [4.69, 9.17) is 0 Å². The van der Waals surface area contributed by atoms with Crippen LogP contribution >= 0.6 is 12.4 Å². The summed E-state index contributed by atoms with van der Waals surface area (Å²) in [5, 5.41) is 14.4. The van der Waals surface area contributed by atoms with Crippen molar-refractivity contribution in [3.63, 3.8) is 0 Å². The van der Waals surface area contributed by atoms with Gasteiger partial charge in [-0.2, -0.15) is 0 Å². The van der Waals surface area contributed by atoms with Gasteiger partial charge in [0.05, 0.1) is 12.1 Å². The van der Waals surface area contributed by atoms with Gasteiger partial charge in [0.25, 0.3) is 0 Å². The Balaban J connectivity index is 0.00000300. The van der Waals surface area contributed by atoms with Crippen molar-refractivity contribution < 1.29 is 5.11 Å². The molecule has 3 nitrogen and oxygen atoms in total. The van der Waals surface area contributed by atoms with Gasteiger partial charge >= 0.3 is 0 Å². The molecule has 3 rings (SSSR count). The molecule has 0 bridgehead atoms. The fourth-order valence-corrected chi connectivity index (χ4v) is 3.56. The number of hydrogen-bond acceptors (Lipinski definition) is 3. The Morgan fingerprint density at radius 1 is 0.759 bits per heavy atom. The summed E-state index contributed by atoms with van der Waals surface area (Å²) in [6.07, 6.45) is 0.0834. The molecule has 3 aromatic carbocycles. The molecule has 0 aromatic heterocycles. The summed E-state index contributed by atoms with van der Waals surface area (Å²) in [5.74, 6) is 0. The normalized spacial score (nSPS) is 12.5. The van der Waals surface area contributed by atoms with Crippen LogP contribution in [0, 0.1) is 0 Å². The Hall–Kier alpha value is -2.49. The molecule has 3 aromatic rings. The van der Waals surface area contributed by atoms with Crippen LogP contribution in [-0.2, 0) is 0 Å². The molecule has 2 unspecified atom stereocenters. The summed E-state index contributed by atoms with van der Waals surface area (Å²) in [6, 6.07) is 28.8. The highest BCUT2D eigenvalue weighted by Crippen LogP contribution is 2.30. The highest BCUT2D eigenvalue weighted by molar-refractivity contribution is 5.85. The van der Waals surface area contributed by atoms with Crippen molar-refractivity contribution in [1.82, 2.24) is 0 Å². The third kappa shape index (κ3) is 6.25. The summed E-state index contributed by atoms with van der Waals surface area (Å²) < 4.78 is 0. The zero-order chi connectivity index (χ0) is 19.8. The Bertz CT molecular complexity index is 820. The molecule has 2 N–H and O–H groups in total. The summed E-state index contributed by atoms with van der Waals surface area (Å²) in [5.41, 5.74) is 4.41. The van der Waals surface area contributed by atoms with Gasteiger partial charge in [-0.1, -0.05) is 60.7 Å². The van der Waals surface area contributed by atoms with Gasteiger partial charge in [0, 0.05) is 30.9 Å². The second kappa shape index (κ2) is 11.5. The summed E-state index contributed by atoms with van der Waals surface area (Å²) >= 11 is 0. The largest absolute Gasteiger partial charge is 0.388 e. The van der Waals surface area contributed by atoms with Gasteiger partial charge in [-0.15, -0.1) is 12.4 Å². The molecule has 2 atom stereocenters. The number of hydrogen-bond donors (Lipinski definition) is 2. The second-order valence-corrected chi connectivity index (χ2v) is 6.99. The first-order chi connectivity index (χ1) is 13.7. The zero-order valence-corrected chi connectivity index (χ0v) is 18.0. The van der Waals surface area contributed by atoms with E-state index >= 15 is 0 Å². The molecule has 0 radical (unpaired) electrons. The standard InChI is InChI=1S/C25H30N2O.ClH/c1-3-27(4-2)23-17-15-22(16-18-23)26-24(20-11-7-5-8-12-20)19-25(28)21-13-9-6-10-14-21;/h5-18,24-26,28H,3-4,19H2,1-2H3;1H. The molecule has 0 aliphatic heterocycles. The maximum absolute atomic E-state index is 10.8. The molecular formula is C25H31ClN2O. The van der Waals surface area contributed by atoms with E-state index in [-0.39, 0.29) is 18.4 Å². The van der Waals surface area contributed by atoms with Crippen LogP contribution in [0.5, 0.6) is 0 Å². The second-order valence-electron chi connectivity index (χ2n) is 6.99. The number of aliphatic hydroxyl groups is 1. The lowest BCUT2D eigenvalue weighted by atomic mass is 9.96. The minimum atomic E-state index is -0.520. The number of rotatable bonds is 9. The van der Waals surface area contributed by atoms with E-state index < -0.39 is 6.10 Å². The van der Waals surface area contributed by atoms with Crippen LogP contribution in [0.1, 0.15) is 43.5 Å². The Morgan fingerprint density at radius 2 is 1.28 bits per heavy atom. The van der Waals surface area contributed by atoms with E-state index in [1.54, 1.807) is 0 Å². The summed E-state index contributed by atoms with van der Waals surface area (Å²) in [4.78, 5) is 2.33. The molecule has 0 aliphatic carbocycles. The third-order valence-corrected chi connectivity index (χ3v) is 5.18. The number of anilines is 2. The Kier molecular flexibility index (Phi) is 9.04. The van der Waals surface area contributed by atoms with Crippen LogP contribution in [0.15, 0.2) is 84.9 Å². The van der Waals surface area contributed by atoms with E-state index in [0.29, 0.717) is 6.42 Å². The van der Waals surface area contributed by atoms with Crippen molar-refractivity contribution in [3.8, 4) is 0 Å². The van der Waals surface area contributed by atoms with Crippen molar-refractivity contribution in [2.24, 2.45) is 0 Å². The van der Waals surface area contributed by atoms with Crippen molar-refractivity contribution >= 4 is 23.8 Å². The van der Waals surface area contributed by atoms with Gasteiger partial charge in [-0.05, 0) is 49.2 Å². The van der Waals surface area contributed by atoms with Gasteiger partial charge in [-0.25, -0.2) is 0 Å². The number of halogens is 1. The molecule has 0 aliphatic rings. The van der Waals surface area contributed by atoms with Crippen molar-refractivity contribution in [2.75, 3.05) is 23.3 Å². The summed E-state index contributed by atoms with van der Waals surface area (Å²) in [6.45, 7) is 6.34. The molecule has 0 saturated carbocycles. The predicted octanol–water partition coefficient (Wildman–Crippen LogP) is 6.23. The quantitative estimate of drug-likeness (QED) is 0.438. The van der Waals surface area contributed by atoms with Gasteiger partial charge in [0.1, 0.15) is 0 Å².